The predicted molar refractivity (Wildman–Crippen MR) is 113 cm³/mol. The highest BCUT2D eigenvalue weighted by Gasteiger charge is 2.11. The number of hydrogen-bond donors (Lipinski definition) is 2. The number of anilines is 2. The largest absolute Gasteiger partial charge is 0.493 e. The summed E-state index contributed by atoms with van der Waals surface area (Å²) in [6.07, 6.45) is 0. The van der Waals surface area contributed by atoms with Crippen LogP contribution in [0.25, 0.3) is 0 Å². The van der Waals surface area contributed by atoms with Gasteiger partial charge in [-0.15, -0.1) is 10.2 Å². The van der Waals surface area contributed by atoms with Gasteiger partial charge in [0.2, 0.25) is 0 Å². The minimum absolute atomic E-state index is 0.252. The molecule has 1 amide bonds. The maximum Gasteiger partial charge on any atom is 0.276 e. The fourth-order valence-electron chi connectivity index (χ4n) is 2.79. The molecule has 0 atom stereocenters. The first kappa shape index (κ1) is 20.1. The Kier molecular flexibility index (Phi) is 6.29. The SMILES string of the molecule is COc1ccc(CNc2ccc(C(=O)Nc3cc(C)ccc3C)nn2)cc1OC. The minimum Gasteiger partial charge on any atom is -0.493 e. The molecule has 1 aromatic heterocycles. The number of nitrogens with one attached hydrogen (secondary N) is 2. The highest BCUT2D eigenvalue weighted by atomic mass is 16.5. The van der Waals surface area contributed by atoms with Crippen LogP contribution in [0, 0.1) is 13.8 Å². The van der Waals surface area contributed by atoms with Crippen molar-refractivity contribution in [1.82, 2.24) is 10.2 Å². The summed E-state index contributed by atoms with van der Waals surface area (Å²) in [5, 5.41) is 14.2. The van der Waals surface area contributed by atoms with Gasteiger partial charge in [-0.25, -0.2) is 0 Å². The Morgan fingerprint density at radius 1 is 0.931 bits per heavy atom. The number of carbonyl (C=O) groups excluding carboxylic acids is 1. The van der Waals surface area contributed by atoms with Gasteiger partial charge in [-0.2, -0.15) is 0 Å². The second-order valence-electron chi connectivity index (χ2n) is 6.62. The molecular formula is C22H24N4O3. The lowest BCUT2D eigenvalue weighted by atomic mass is 10.1. The van der Waals surface area contributed by atoms with Gasteiger partial charge in [0.15, 0.2) is 17.2 Å². The molecule has 0 aliphatic heterocycles. The molecule has 29 heavy (non-hydrogen) atoms. The molecule has 150 valence electrons. The van der Waals surface area contributed by atoms with Gasteiger partial charge in [0, 0.05) is 12.2 Å². The van der Waals surface area contributed by atoms with Crippen molar-refractivity contribution in [1.29, 1.82) is 0 Å². The first-order valence-corrected chi connectivity index (χ1v) is 9.17. The van der Waals surface area contributed by atoms with Crippen LogP contribution in [0.5, 0.6) is 11.5 Å². The summed E-state index contributed by atoms with van der Waals surface area (Å²) in [5.41, 5.74) is 4.09. The van der Waals surface area contributed by atoms with Crippen molar-refractivity contribution in [2.24, 2.45) is 0 Å². The summed E-state index contributed by atoms with van der Waals surface area (Å²) in [4.78, 5) is 12.4. The molecule has 0 aliphatic rings. The predicted octanol–water partition coefficient (Wildman–Crippen LogP) is 3.98. The molecule has 2 N–H and O–H groups in total. The van der Waals surface area contributed by atoms with E-state index in [4.69, 9.17) is 9.47 Å². The average molecular weight is 392 g/mol. The molecule has 0 bridgehead atoms. The number of ether oxygens (including phenoxy) is 2. The third-order valence-corrected chi connectivity index (χ3v) is 4.46. The molecule has 3 rings (SSSR count). The summed E-state index contributed by atoms with van der Waals surface area (Å²) in [6, 6.07) is 15.0. The van der Waals surface area contributed by atoms with Crippen molar-refractivity contribution in [2.45, 2.75) is 20.4 Å². The smallest absolute Gasteiger partial charge is 0.276 e. The van der Waals surface area contributed by atoms with Gasteiger partial charge in [0.1, 0.15) is 5.82 Å². The maximum atomic E-state index is 12.4. The molecule has 0 saturated carbocycles. The Morgan fingerprint density at radius 3 is 2.41 bits per heavy atom. The molecule has 7 heteroatoms. The van der Waals surface area contributed by atoms with Crippen molar-refractivity contribution in [3.05, 3.63) is 70.9 Å². The lowest BCUT2D eigenvalue weighted by molar-refractivity contribution is 0.102. The van der Waals surface area contributed by atoms with E-state index in [1.807, 2.05) is 50.2 Å². The lowest BCUT2D eigenvalue weighted by Crippen LogP contribution is -2.15. The molecule has 0 saturated heterocycles. The molecule has 0 spiro atoms. The zero-order valence-corrected chi connectivity index (χ0v) is 16.9. The van der Waals surface area contributed by atoms with Gasteiger partial charge in [-0.3, -0.25) is 4.79 Å². The summed E-state index contributed by atoms with van der Waals surface area (Å²) in [7, 11) is 3.20. The number of carbonyl (C=O) groups is 1. The molecular weight excluding hydrogens is 368 g/mol. The van der Waals surface area contributed by atoms with Crippen LogP contribution in [-0.4, -0.2) is 30.3 Å². The Labute approximate surface area is 170 Å². The van der Waals surface area contributed by atoms with Gasteiger partial charge >= 0.3 is 0 Å². The Bertz CT molecular complexity index is 1000. The van der Waals surface area contributed by atoms with E-state index in [0.29, 0.717) is 23.9 Å². The summed E-state index contributed by atoms with van der Waals surface area (Å²) < 4.78 is 10.6. The molecule has 0 unspecified atom stereocenters. The van der Waals surface area contributed by atoms with E-state index >= 15 is 0 Å². The highest BCUT2D eigenvalue weighted by molar-refractivity contribution is 6.03. The van der Waals surface area contributed by atoms with E-state index in [0.717, 1.165) is 22.4 Å². The lowest BCUT2D eigenvalue weighted by Gasteiger charge is -2.11. The van der Waals surface area contributed by atoms with Crippen LogP contribution in [0.3, 0.4) is 0 Å². The van der Waals surface area contributed by atoms with Crippen LogP contribution in [0.4, 0.5) is 11.5 Å². The number of rotatable bonds is 7. The van der Waals surface area contributed by atoms with Gasteiger partial charge in [0.05, 0.1) is 14.2 Å². The fraction of sp³-hybridized carbons (Fsp3) is 0.227. The molecule has 2 aromatic carbocycles. The van der Waals surface area contributed by atoms with Crippen molar-refractivity contribution in [3.8, 4) is 11.5 Å². The zero-order chi connectivity index (χ0) is 20.8. The molecule has 0 aliphatic carbocycles. The second kappa shape index (κ2) is 9.05. The Morgan fingerprint density at radius 2 is 1.72 bits per heavy atom. The number of aromatic nitrogens is 2. The van der Waals surface area contributed by atoms with E-state index in [1.165, 1.54) is 0 Å². The van der Waals surface area contributed by atoms with Crippen LogP contribution in [0.2, 0.25) is 0 Å². The molecule has 0 radical (unpaired) electrons. The van der Waals surface area contributed by atoms with Crippen molar-refractivity contribution in [3.63, 3.8) is 0 Å². The van der Waals surface area contributed by atoms with Gasteiger partial charge in [-0.1, -0.05) is 18.2 Å². The monoisotopic (exact) mass is 392 g/mol. The minimum atomic E-state index is -0.294. The average Bonchev–Trinajstić information content (AvgIpc) is 2.74. The number of hydrogen-bond acceptors (Lipinski definition) is 6. The molecule has 7 nitrogen and oxygen atoms in total. The maximum absolute atomic E-state index is 12.4. The Balaban J connectivity index is 1.63. The fourth-order valence-corrected chi connectivity index (χ4v) is 2.79. The van der Waals surface area contributed by atoms with Crippen LogP contribution in [-0.2, 0) is 6.54 Å². The molecule has 3 aromatic rings. The van der Waals surface area contributed by atoms with E-state index < -0.39 is 0 Å². The van der Waals surface area contributed by atoms with Crippen LogP contribution < -0.4 is 20.1 Å². The van der Waals surface area contributed by atoms with Crippen molar-refractivity contribution < 1.29 is 14.3 Å². The number of amides is 1. The zero-order valence-electron chi connectivity index (χ0n) is 16.9. The van der Waals surface area contributed by atoms with E-state index in [9.17, 15) is 4.79 Å². The van der Waals surface area contributed by atoms with E-state index in [1.54, 1.807) is 26.4 Å². The first-order valence-electron chi connectivity index (χ1n) is 9.17. The molecule has 0 fully saturated rings. The first-order chi connectivity index (χ1) is 14.0. The summed E-state index contributed by atoms with van der Waals surface area (Å²) >= 11 is 0. The van der Waals surface area contributed by atoms with Crippen molar-refractivity contribution >= 4 is 17.4 Å². The van der Waals surface area contributed by atoms with Crippen LogP contribution >= 0.6 is 0 Å². The number of aryl methyl sites for hydroxylation is 2. The quantitative estimate of drug-likeness (QED) is 0.633. The van der Waals surface area contributed by atoms with E-state index in [-0.39, 0.29) is 11.6 Å². The third kappa shape index (κ3) is 5.01. The summed E-state index contributed by atoms with van der Waals surface area (Å²) in [6.45, 7) is 4.46. The number of methoxy groups -OCH3 is 2. The normalized spacial score (nSPS) is 10.3. The van der Waals surface area contributed by atoms with Crippen LogP contribution in [0.15, 0.2) is 48.5 Å². The molecule has 1 heterocycles. The van der Waals surface area contributed by atoms with E-state index in [2.05, 4.69) is 20.8 Å². The topological polar surface area (TPSA) is 85.4 Å². The Hall–Kier alpha value is -3.61. The van der Waals surface area contributed by atoms with Crippen molar-refractivity contribution in [2.75, 3.05) is 24.9 Å². The summed E-state index contributed by atoms with van der Waals surface area (Å²) in [5.74, 6) is 1.62. The van der Waals surface area contributed by atoms with Gasteiger partial charge in [0.25, 0.3) is 5.91 Å². The second-order valence-corrected chi connectivity index (χ2v) is 6.62. The number of nitrogens with zero attached hydrogens (tertiary/aromatic N) is 2. The number of benzene rings is 2. The highest BCUT2D eigenvalue weighted by Crippen LogP contribution is 2.27. The standard InChI is InChI=1S/C22H24N4O3/c1-14-5-6-15(2)18(11-14)24-22(27)17-8-10-21(26-25-17)23-13-16-7-9-19(28-3)20(12-16)29-4/h5-12H,13H2,1-4H3,(H,23,26)(H,24,27). The van der Waals surface area contributed by atoms with Gasteiger partial charge in [-0.05, 0) is 60.9 Å². The van der Waals surface area contributed by atoms with Crippen LogP contribution in [0.1, 0.15) is 27.2 Å². The third-order valence-electron chi connectivity index (χ3n) is 4.46. The van der Waals surface area contributed by atoms with Gasteiger partial charge < -0.3 is 20.1 Å².